The number of fused-ring (bicyclic) bond motifs is 4. The molecule has 0 bridgehead atoms. The van der Waals surface area contributed by atoms with Crippen LogP contribution >= 0.6 is 0 Å². The SMILES string of the molecule is CCOC(=O)C1(C)c2cccc[c]2[In]([CH2]C2CCCCC2)[C]12CNc1c(ccc3ccccc13)O2. The topological polar surface area (TPSA) is 47.6 Å². The molecule has 3 aromatic carbocycles. The number of benzene rings is 3. The van der Waals surface area contributed by atoms with Crippen LogP contribution in [0.15, 0.2) is 60.7 Å². The fourth-order valence-electron chi connectivity index (χ4n) is 7.16. The van der Waals surface area contributed by atoms with Crippen LogP contribution in [0.25, 0.3) is 10.8 Å². The van der Waals surface area contributed by atoms with Crippen molar-refractivity contribution in [3.63, 3.8) is 0 Å². The van der Waals surface area contributed by atoms with E-state index in [1.54, 1.807) is 0 Å². The summed E-state index contributed by atoms with van der Waals surface area (Å²) in [6, 6.07) is 21.4. The second-order valence-corrected chi connectivity index (χ2v) is 19.7. The van der Waals surface area contributed by atoms with E-state index >= 15 is 0 Å². The third kappa shape index (κ3) is 3.52. The summed E-state index contributed by atoms with van der Waals surface area (Å²) in [5.74, 6) is 1.49. The first-order chi connectivity index (χ1) is 17.1. The average molecular weight is 571 g/mol. The van der Waals surface area contributed by atoms with Crippen molar-refractivity contribution in [1.82, 2.24) is 0 Å². The summed E-state index contributed by atoms with van der Waals surface area (Å²) >= 11 is -2.75. The maximum atomic E-state index is 13.9. The first-order valence-corrected chi connectivity index (χ1v) is 18.9. The summed E-state index contributed by atoms with van der Waals surface area (Å²) in [6.45, 7) is 5.05. The van der Waals surface area contributed by atoms with Gasteiger partial charge in [-0.05, 0) is 0 Å². The van der Waals surface area contributed by atoms with Crippen LogP contribution in [0.3, 0.4) is 0 Å². The molecule has 3 aromatic rings. The molecule has 0 radical (unpaired) electrons. The van der Waals surface area contributed by atoms with Crippen LogP contribution in [0.1, 0.15) is 51.5 Å². The zero-order chi connectivity index (χ0) is 24.0. The Bertz CT molecular complexity index is 1270. The third-order valence-corrected chi connectivity index (χ3v) is 21.6. The molecular weight excluding hydrogens is 537 g/mol. The van der Waals surface area contributed by atoms with Crippen molar-refractivity contribution in [3.8, 4) is 5.75 Å². The van der Waals surface area contributed by atoms with Gasteiger partial charge in [-0.15, -0.1) is 0 Å². The van der Waals surface area contributed by atoms with Crippen LogP contribution in [0.5, 0.6) is 5.75 Å². The van der Waals surface area contributed by atoms with E-state index in [1.165, 1.54) is 50.4 Å². The normalized spacial score (nSPS) is 25.6. The first kappa shape index (κ1) is 23.3. The van der Waals surface area contributed by atoms with Crippen LogP contribution < -0.4 is 13.4 Å². The van der Waals surface area contributed by atoms with Crippen LogP contribution in [0, 0.1) is 5.92 Å². The number of carbonyl (C=O) groups is 1. The van der Waals surface area contributed by atoms with E-state index < -0.39 is 30.2 Å². The molecule has 1 N–H and O–H groups in total. The molecular formula is C30H34InNO3. The summed E-state index contributed by atoms with van der Waals surface area (Å²) in [5.41, 5.74) is 1.39. The zero-order valence-electron chi connectivity index (χ0n) is 20.8. The van der Waals surface area contributed by atoms with Gasteiger partial charge in [0.15, 0.2) is 0 Å². The van der Waals surface area contributed by atoms with Gasteiger partial charge in [-0.3, -0.25) is 0 Å². The van der Waals surface area contributed by atoms with Gasteiger partial charge in [-0.1, -0.05) is 0 Å². The molecule has 1 saturated carbocycles. The minimum atomic E-state index is -2.75. The van der Waals surface area contributed by atoms with Gasteiger partial charge in [0.25, 0.3) is 0 Å². The van der Waals surface area contributed by atoms with Crippen LogP contribution in [0.2, 0.25) is 4.18 Å². The number of hydrogen-bond donors (Lipinski definition) is 1. The van der Waals surface area contributed by atoms with E-state index in [2.05, 4.69) is 72.9 Å². The second kappa shape index (κ2) is 9.06. The molecule has 1 aliphatic carbocycles. The van der Waals surface area contributed by atoms with E-state index in [1.807, 2.05) is 6.92 Å². The van der Waals surface area contributed by atoms with Gasteiger partial charge in [0.1, 0.15) is 0 Å². The Morgan fingerprint density at radius 1 is 1.06 bits per heavy atom. The van der Waals surface area contributed by atoms with E-state index in [0.717, 1.165) is 22.9 Å². The number of esters is 1. The Balaban J connectivity index is 1.51. The van der Waals surface area contributed by atoms with Crippen molar-refractivity contribution in [1.29, 1.82) is 0 Å². The van der Waals surface area contributed by atoms with Gasteiger partial charge >= 0.3 is 217 Å². The molecule has 2 unspecified atom stereocenters. The molecule has 180 valence electrons. The monoisotopic (exact) mass is 571 g/mol. The van der Waals surface area contributed by atoms with Gasteiger partial charge in [0, 0.05) is 0 Å². The van der Waals surface area contributed by atoms with Gasteiger partial charge < -0.3 is 0 Å². The molecule has 6 rings (SSSR count). The number of nitrogens with one attached hydrogen (secondary N) is 1. The zero-order valence-corrected chi connectivity index (χ0v) is 24.1. The van der Waals surface area contributed by atoms with E-state index in [-0.39, 0.29) is 5.97 Å². The molecule has 1 spiro atoms. The number of ether oxygens (including phenoxy) is 2. The average Bonchev–Trinajstić information content (AvgIpc) is 3.10. The van der Waals surface area contributed by atoms with Gasteiger partial charge in [0.2, 0.25) is 0 Å². The molecule has 35 heavy (non-hydrogen) atoms. The summed E-state index contributed by atoms with van der Waals surface area (Å²) in [5, 5.41) is 6.18. The summed E-state index contributed by atoms with van der Waals surface area (Å²) in [6.07, 6.45) is 6.66. The molecule has 0 aromatic heterocycles. The predicted octanol–water partition coefficient (Wildman–Crippen LogP) is 5.74. The number of anilines is 1. The minimum absolute atomic E-state index is 0.138. The Kier molecular flexibility index (Phi) is 6.03. The van der Waals surface area contributed by atoms with Gasteiger partial charge in [0.05, 0.1) is 0 Å². The Labute approximate surface area is 215 Å². The van der Waals surface area contributed by atoms with Crippen molar-refractivity contribution in [2.75, 3.05) is 18.5 Å². The number of carbonyl (C=O) groups excluding carboxylic acids is 1. The van der Waals surface area contributed by atoms with Crippen molar-refractivity contribution < 1.29 is 14.3 Å². The van der Waals surface area contributed by atoms with Crippen molar-refractivity contribution in [2.45, 2.75) is 58.9 Å². The molecule has 2 heterocycles. The fourth-order valence-corrected chi connectivity index (χ4v) is 21.3. The van der Waals surface area contributed by atoms with E-state index in [9.17, 15) is 4.79 Å². The third-order valence-electron chi connectivity index (χ3n) is 8.97. The van der Waals surface area contributed by atoms with Crippen LogP contribution in [-0.4, -0.2) is 43.9 Å². The number of rotatable bonds is 4. The molecule has 2 atom stereocenters. The molecule has 5 heteroatoms. The molecule has 2 aliphatic heterocycles. The van der Waals surface area contributed by atoms with Crippen LogP contribution in [0.4, 0.5) is 5.69 Å². The first-order valence-electron chi connectivity index (χ1n) is 13.3. The molecule has 3 aliphatic rings. The van der Waals surface area contributed by atoms with E-state index in [0.29, 0.717) is 13.2 Å². The molecule has 1 fully saturated rings. The van der Waals surface area contributed by atoms with Gasteiger partial charge in [-0.2, -0.15) is 0 Å². The molecule has 0 amide bonds. The molecule has 4 nitrogen and oxygen atoms in total. The predicted molar refractivity (Wildman–Crippen MR) is 143 cm³/mol. The van der Waals surface area contributed by atoms with Crippen LogP contribution in [-0.2, 0) is 14.9 Å². The Morgan fingerprint density at radius 3 is 2.66 bits per heavy atom. The summed E-state index contributed by atoms with van der Waals surface area (Å²) in [7, 11) is 0. The number of hydrogen-bond acceptors (Lipinski definition) is 4. The summed E-state index contributed by atoms with van der Waals surface area (Å²) in [4.78, 5) is 13.9. The molecule has 0 saturated heterocycles. The second-order valence-electron chi connectivity index (χ2n) is 10.7. The standard InChI is InChI=1S/C23H21NO3.C7H13.In/c1-3-26-22(25)23(2,17-10-5-4-6-11-17)20-15-24-21-18-12-8-7-9-16(18)13-14-19(21)27-20;1-7-5-3-2-4-6-7;/h4-10,12-14,24H,3,15H2,1-2H3;7H,1-6H2;. The van der Waals surface area contributed by atoms with Gasteiger partial charge in [-0.25, -0.2) is 0 Å². The van der Waals surface area contributed by atoms with E-state index in [4.69, 9.17) is 9.47 Å². The van der Waals surface area contributed by atoms with Crippen molar-refractivity contribution in [2.24, 2.45) is 5.92 Å². The Hall–Kier alpha value is -2.14. The van der Waals surface area contributed by atoms with Crippen molar-refractivity contribution >= 4 is 47.2 Å². The fraction of sp³-hybridized carbons (Fsp3) is 0.433. The van der Waals surface area contributed by atoms with Crippen molar-refractivity contribution in [3.05, 3.63) is 66.2 Å². The summed E-state index contributed by atoms with van der Waals surface area (Å²) < 4.78 is 15.2. The maximum absolute atomic E-state index is 13.9. The Morgan fingerprint density at radius 2 is 1.83 bits per heavy atom. The quantitative estimate of drug-likeness (QED) is 0.406.